The van der Waals surface area contributed by atoms with E-state index in [-0.39, 0.29) is 15.5 Å². The van der Waals surface area contributed by atoms with Crippen LogP contribution in [0.1, 0.15) is 11.1 Å². The van der Waals surface area contributed by atoms with E-state index in [9.17, 15) is 16.8 Å². The minimum Gasteiger partial charge on any atom is -0.279 e. The molecule has 0 atom stereocenters. The van der Waals surface area contributed by atoms with E-state index in [1.165, 1.54) is 32.3 Å². The fraction of sp³-hybridized carbons (Fsp3) is 0.250. The molecule has 0 fully saturated rings. The molecule has 25 heavy (non-hydrogen) atoms. The molecule has 0 aromatic heterocycles. The molecule has 0 unspecified atom stereocenters. The van der Waals surface area contributed by atoms with Gasteiger partial charge in [-0.25, -0.2) is 21.1 Å². The van der Waals surface area contributed by atoms with Crippen molar-refractivity contribution < 1.29 is 16.8 Å². The van der Waals surface area contributed by atoms with Gasteiger partial charge in [-0.15, -0.1) is 0 Å². The molecule has 2 rings (SSSR count). The standard InChI is InChI=1S/C16H19BrN2O4S2/c1-11-5-8-16(14(17)9-11)24(20,21)18-15-10-13(7-6-12(15)2)25(22,23)19(3)4/h5-10,18H,1-4H3. The van der Waals surface area contributed by atoms with Crippen LogP contribution >= 0.6 is 15.9 Å². The summed E-state index contributed by atoms with van der Waals surface area (Å²) in [5.74, 6) is 0. The highest BCUT2D eigenvalue weighted by Gasteiger charge is 2.22. The number of halogens is 1. The lowest BCUT2D eigenvalue weighted by Crippen LogP contribution is -2.22. The second-order valence-corrected chi connectivity index (χ2v) is 10.5. The van der Waals surface area contributed by atoms with Crippen LogP contribution in [0.2, 0.25) is 0 Å². The van der Waals surface area contributed by atoms with Gasteiger partial charge in [0.1, 0.15) is 4.90 Å². The number of rotatable bonds is 5. The maximum Gasteiger partial charge on any atom is 0.263 e. The van der Waals surface area contributed by atoms with E-state index >= 15 is 0 Å². The summed E-state index contributed by atoms with van der Waals surface area (Å²) in [6.07, 6.45) is 0. The van der Waals surface area contributed by atoms with E-state index in [4.69, 9.17) is 0 Å². The van der Waals surface area contributed by atoms with Crippen LogP contribution in [0.25, 0.3) is 0 Å². The van der Waals surface area contributed by atoms with Gasteiger partial charge in [-0.1, -0.05) is 12.1 Å². The zero-order chi connectivity index (χ0) is 19.0. The summed E-state index contributed by atoms with van der Waals surface area (Å²) in [6, 6.07) is 9.23. The highest BCUT2D eigenvalue weighted by molar-refractivity contribution is 9.10. The van der Waals surface area contributed by atoms with Crippen LogP contribution in [-0.4, -0.2) is 35.2 Å². The van der Waals surface area contributed by atoms with Gasteiger partial charge in [0.2, 0.25) is 10.0 Å². The van der Waals surface area contributed by atoms with Gasteiger partial charge in [-0.05, 0) is 65.2 Å². The van der Waals surface area contributed by atoms with Crippen molar-refractivity contribution in [1.82, 2.24) is 4.31 Å². The van der Waals surface area contributed by atoms with Crippen LogP contribution in [0.4, 0.5) is 5.69 Å². The van der Waals surface area contributed by atoms with Gasteiger partial charge in [0.05, 0.1) is 10.6 Å². The van der Waals surface area contributed by atoms with Crippen LogP contribution in [-0.2, 0) is 20.0 Å². The van der Waals surface area contributed by atoms with Crippen molar-refractivity contribution >= 4 is 41.7 Å². The summed E-state index contributed by atoms with van der Waals surface area (Å²) >= 11 is 3.26. The third kappa shape index (κ3) is 4.22. The Bertz CT molecular complexity index is 1020. The lowest BCUT2D eigenvalue weighted by Gasteiger charge is -2.15. The number of anilines is 1. The number of nitrogens with one attached hydrogen (secondary N) is 1. The molecule has 2 aromatic rings. The Morgan fingerprint density at radius 3 is 2.16 bits per heavy atom. The summed E-state index contributed by atoms with van der Waals surface area (Å²) in [7, 11) is -4.69. The van der Waals surface area contributed by atoms with E-state index < -0.39 is 20.0 Å². The molecule has 136 valence electrons. The Balaban J connectivity index is 2.49. The van der Waals surface area contributed by atoms with Crippen molar-refractivity contribution in [3.05, 3.63) is 52.0 Å². The monoisotopic (exact) mass is 446 g/mol. The second-order valence-electron chi connectivity index (χ2n) is 5.80. The van der Waals surface area contributed by atoms with E-state index in [0.29, 0.717) is 10.0 Å². The summed E-state index contributed by atoms with van der Waals surface area (Å²) in [5, 5.41) is 0. The van der Waals surface area contributed by atoms with Crippen molar-refractivity contribution in [2.75, 3.05) is 18.8 Å². The Morgan fingerprint density at radius 2 is 1.60 bits per heavy atom. The Morgan fingerprint density at radius 1 is 0.960 bits per heavy atom. The average Bonchev–Trinajstić information content (AvgIpc) is 2.48. The Kier molecular flexibility index (Phi) is 5.62. The lowest BCUT2D eigenvalue weighted by molar-refractivity contribution is 0.520. The van der Waals surface area contributed by atoms with Crippen molar-refractivity contribution in [3.63, 3.8) is 0 Å². The predicted molar refractivity (Wildman–Crippen MR) is 102 cm³/mol. The van der Waals surface area contributed by atoms with Gasteiger partial charge in [-0.3, -0.25) is 4.72 Å². The number of nitrogens with zero attached hydrogens (tertiary/aromatic N) is 1. The zero-order valence-electron chi connectivity index (χ0n) is 14.2. The molecule has 0 aliphatic rings. The zero-order valence-corrected chi connectivity index (χ0v) is 17.5. The largest absolute Gasteiger partial charge is 0.279 e. The maximum atomic E-state index is 12.7. The fourth-order valence-electron chi connectivity index (χ4n) is 2.11. The van der Waals surface area contributed by atoms with Gasteiger partial charge in [-0.2, -0.15) is 0 Å². The molecule has 0 bridgehead atoms. The number of hydrogen-bond donors (Lipinski definition) is 1. The first kappa shape index (κ1) is 19.9. The first-order valence-electron chi connectivity index (χ1n) is 7.27. The molecule has 9 heteroatoms. The van der Waals surface area contributed by atoms with Gasteiger partial charge in [0.25, 0.3) is 10.0 Å². The van der Waals surface area contributed by atoms with E-state index in [1.807, 2.05) is 6.92 Å². The predicted octanol–water partition coefficient (Wildman–Crippen LogP) is 3.12. The number of aryl methyl sites for hydroxylation is 2. The third-order valence-electron chi connectivity index (χ3n) is 3.61. The fourth-order valence-corrected chi connectivity index (χ4v) is 5.35. The molecule has 0 saturated heterocycles. The highest BCUT2D eigenvalue weighted by atomic mass is 79.9. The van der Waals surface area contributed by atoms with Crippen molar-refractivity contribution in [2.24, 2.45) is 0 Å². The van der Waals surface area contributed by atoms with Crippen molar-refractivity contribution in [1.29, 1.82) is 0 Å². The Hall–Kier alpha value is -1.42. The number of sulfonamides is 2. The van der Waals surface area contributed by atoms with Crippen molar-refractivity contribution in [2.45, 2.75) is 23.6 Å². The van der Waals surface area contributed by atoms with Crippen molar-refractivity contribution in [3.8, 4) is 0 Å². The first-order chi connectivity index (χ1) is 11.4. The molecule has 0 aliphatic heterocycles. The normalized spacial score (nSPS) is 12.4. The minimum atomic E-state index is -3.87. The van der Waals surface area contributed by atoms with Gasteiger partial charge in [0, 0.05) is 18.6 Å². The SMILES string of the molecule is Cc1ccc(S(=O)(=O)Nc2cc(S(=O)(=O)N(C)C)ccc2C)c(Br)c1. The maximum absolute atomic E-state index is 12.7. The van der Waals surface area contributed by atoms with Gasteiger partial charge >= 0.3 is 0 Å². The van der Waals surface area contributed by atoms with Crippen LogP contribution in [0, 0.1) is 13.8 Å². The molecular formula is C16H19BrN2O4S2. The van der Waals surface area contributed by atoms with Gasteiger partial charge < -0.3 is 0 Å². The highest BCUT2D eigenvalue weighted by Crippen LogP contribution is 2.28. The van der Waals surface area contributed by atoms with E-state index in [0.717, 1.165) is 9.87 Å². The van der Waals surface area contributed by atoms with Crippen LogP contribution in [0.5, 0.6) is 0 Å². The van der Waals surface area contributed by atoms with Gasteiger partial charge in [0.15, 0.2) is 0 Å². The molecule has 0 spiro atoms. The van der Waals surface area contributed by atoms with E-state index in [1.54, 1.807) is 25.1 Å². The molecule has 0 amide bonds. The van der Waals surface area contributed by atoms with Crippen LogP contribution < -0.4 is 4.72 Å². The number of hydrogen-bond acceptors (Lipinski definition) is 4. The topological polar surface area (TPSA) is 83.5 Å². The minimum absolute atomic E-state index is 0.0174. The van der Waals surface area contributed by atoms with Crippen LogP contribution in [0.3, 0.4) is 0 Å². The lowest BCUT2D eigenvalue weighted by atomic mass is 10.2. The smallest absolute Gasteiger partial charge is 0.263 e. The summed E-state index contributed by atoms with van der Waals surface area (Å²) in [6.45, 7) is 3.56. The summed E-state index contributed by atoms with van der Waals surface area (Å²) < 4.78 is 53.9. The summed E-state index contributed by atoms with van der Waals surface area (Å²) in [4.78, 5) is 0.0992. The molecule has 0 aliphatic carbocycles. The first-order valence-corrected chi connectivity index (χ1v) is 11.0. The molecule has 1 N–H and O–H groups in total. The molecule has 0 radical (unpaired) electrons. The molecular weight excluding hydrogens is 428 g/mol. The second kappa shape index (κ2) is 7.06. The molecule has 0 heterocycles. The average molecular weight is 447 g/mol. The quantitative estimate of drug-likeness (QED) is 0.764. The summed E-state index contributed by atoms with van der Waals surface area (Å²) in [5.41, 5.74) is 1.75. The van der Waals surface area contributed by atoms with Crippen LogP contribution in [0.15, 0.2) is 50.7 Å². The molecule has 0 saturated carbocycles. The molecule has 6 nitrogen and oxygen atoms in total. The molecule has 2 aromatic carbocycles. The Labute approximate surface area is 157 Å². The number of benzene rings is 2. The third-order valence-corrected chi connectivity index (χ3v) is 7.76. The van der Waals surface area contributed by atoms with E-state index in [2.05, 4.69) is 20.7 Å².